The lowest BCUT2D eigenvalue weighted by Crippen LogP contribution is -2.02. The number of Topliss-reactive ketones (excluding diaryl/α,β-unsaturated/α-hetero) is 1. The zero-order valence-corrected chi connectivity index (χ0v) is 11.0. The van der Waals surface area contributed by atoms with Crippen molar-refractivity contribution in [1.29, 1.82) is 0 Å². The number of aryl methyl sites for hydroxylation is 1. The third kappa shape index (κ3) is 2.57. The Morgan fingerprint density at radius 2 is 1.80 bits per heavy atom. The van der Waals surface area contributed by atoms with Crippen LogP contribution in [-0.2, 0) is 6.42 Å². The summed E-state index contributed by atoms with van der Waals surface area (Å²) < 4.78 is 0. The molecule has 0 N–H and O–H groups in total. The van der Waals surface area contributed by atoms with Gasteiger partial charge in [0.2, 0.25) is 0 Å². The molecule has 3 rings (SSSR count). The fourth-order valence-electron chi connectivity index (χ4n) is 2.29. The van der Waals surface area contributed by atoms with Crippen LogP contribution in [0.5, 0.6) is 0 Å². The molecule has 0 aliphatic carbocycles. The van der Waals surface area contributed by atoms with Gasteiger partial charge in [0.25, 0.3) is 0 Å². The van der Waals surface area contributed by atoms with Gasteiger partial charge < -0.3 is 0 Å². The summed E-state index contributed by atoms with van der Waals surface area (Å²) >= 11 is 0. The Balaban J connectivity index is 1.82. The molecule has 3 nitrogen and oxygen atoms in total. The Labute approximate surface area is 117 Å². The fourth-order valence-corrected chi connectivity index (χ4v) is 2.29. The van der Waals surface area contributed by atoms with E-state index in [0.29, 0.717) is 6.42 Å². The molecule has 0 spiro atoms. The van der Waals surface area contributed by atoms with Gasteiger partial charge in [-0.2, -0.15) is 0 Å². The van der Waals surface area contributed by atoms with Crippen LogP contribution in [0.3, 0.4) is 0 Å². The zero-order chi connectivity index (χ0) is 13.8. The fraction of sp³-hybridized carbons (Fsp3) is 0.118. The van der Waals surface area contributed by atoms with Crippen molar-refractivity contribution >= 4 is 16.7 Å². The van der Waals surface area contributed by atoms with E-state index in [1.165, 1.54) is 0 Å². The molecule has 0 bridgehead atoms. The lowest BCUT2D eigenvalue weighted by atomic mass is 10.00. The highest BCUT2D eigenvalue weighted by Crippen LogP contribution is 2.18. The summed E-state index contributed by atoms with van der Waals surface area (Å²) in [4.78, 5) is 20.6. The molecule has 0 atom stereocenters. The minimum Gasteiger partial charge on any atom is -0.294 e. The Morgan fingerprint density at radius 1 is 0.950 bits per heavy atom. The maximum atomic E-state index is 12.4. The summed E-state index contributed by atoms with van der Waals surface area (Å²) in [5.41, 5.74) is 2.75. The minimum absolute atomic E-state index is 0.153. The van der Waals surface area contributed by atoms with E-state index in [4.69, 9.17) is 0 Å². The van der Waals surface area contributed by atoms with Crippen molar-refractivity contribution < 1.29 is 4.79 Å². The van der Waals surface area contributed by atoms with Crippen LogP contribution in [0.15, 0.2) is 61.1 Å². The number of hydrogen-bond donors (Lipinski definition) is 0. The second-order valence-corrected chi connectivity index (χ2v) is 4.65. The molecule has 98 valence electrons. The van der Waals surface area contributed by atoms with Crippen LogP contribution in [0, 0.1) is 0 Å². The first-order valence-electron chi connectivity index (χ1n) is 6.60. The summed E-state index contributed by atoms with van der Waals surface area (Å²) in [5, 5.41) is 0.926. The van der Waals surface area contributed by atoms with Crippen LogP contribution in [0.2, 0.25) is 0 Å². The van der Waals surface area contributed by atoms with Gasteiger partial charge in [-0.15, -0.1) is 0 Å². The molecule has 0 fully saturated rings. The summed E-state index contributed by atoms with van der Waals surface area (Å²) in [6.07, 6.45) is 6.48. The average Bonchev–Trinajstić information content (AvgIpc) is 2.53. The van der Waals surface area contributed by atoms with Gasteiger partial charge in [-0.05, 0) is 36.2 Å². The Bertz CT molecular complexity index is 733. The maximum absolute atomic E-state index is 12.4. The minimum atomic E-state index is 0.153. The van der Waals surface area contributed by atoms with E-state index in [2.05, 4.69) is 9.97 Å². The summed E-state index contributed by atoms with van der Waals surface area (Å²) in [6, 6.07) is 13.4. The molecule has 3 aromatic rings. The summed E-state index contributed by atoms with van der Waals surface area (Å²) in [7, 11) is 0. The highest BCUT2D eigenvalue weighted by Gasteiger charge is 2.10. The monoisotopic (exact) mass is 262 g/mol. The van der Waals surface area contributed by atoms with Crippen LogP contribution in [0.1, 0.15) is 22.3 Å². The van der Waals surface area contributed by atoms with Crippen molar-refractivity contribution in [3.8, 4) is 0 Å². The van der Waals surface area contributed by atoms with Gasteiger partial charge in [0, 0.05) is 36.0 Å². The number of aromatic nitrogens is 2. The number of hydrogen-bond acceptors (Lipinski definition) is 3. The second-order valence-electron chi connectivity index (χ2n) is 4.65. The summed E-state index contributed by atoms with van der Waals surface area (Å²) in [5.74, 6) is 0.153. The molecule has 2 aromatic heterocycles. The molecule has 0 aliphatic heterocycles. The van der Waals surface area contributed by atoms with Crippen molar-refractivity contribution in [2.45, 2.75) is 12.8 Å². The lowest BCUT2D eigenvalue weighted by Gasteiger charge is -2.05. The zero-order valence-electron chi connectivity index (χ0n) is 11.0. The molecule has 0 amide bonds. The molecule has 0 aliphatic rings. The molecule has 20 heavy (non-hydrogen) atoms. The normalized spacial score (nSPS) is 10.6. The molecule has 0 unspecified atom stereocenters. The highest BCUT2D eigenvalue weighted by atomic mass is 16.1. The van der Waals surface area contributed by atoms with Crippen LogP contribution < -0.4 is 0 Å². The molecule has 0 saturated carbocycles. The molecule has 0 radical (unpaired) electrons. The van der Waals surface area contributed by atoms with Crippen molar-refractivity contribution in [2.24, 2.45) is 0 Å². The first kappa shape index (κ1) is 12.5. The van der Waals surface area contributed by atoms with Gasteiger partial charge in [0.05, 0.1) is 5.52 Å². The van der Waals surface area contributed by atoms with E-state index >= 15 is 0 Å². The van der Waals surface area contributed by atoms with Crippen molar-refractivity contribution in [3.05, 3.63) is 72.2 Å². The number of benzene rings is 1. The topological polar surface area (TPSA) is 42.9 Å². The largest absolute Gasteiger partial charge is 0.294 e. The second kappa shape index (κ2) is 5.61. The van der Waals surface area contributed by atoms with Gasteiger partial charge in [-0.1, -0.05) is 18.2 Å². The SMILES string of the molecule is O=C(CCc1ccncc1)c1cccc2ncccc12. The van der Waals surface area contributed by atoms with Crippen LogP contribution in [-0.4, -0.2) is 15.8 Å². The van der Waals surface area contributed by atoms with E-state index in [1.807, 2.05) is 42.5 Å². The number of fused-ring (bicyclic) bond motifs is 1. The smallest absolute Gasteiger partial charge is 0.163 e. The lowest BCUT2D eigenvalue weighted by molar-refractivity contribution is 0.0984. The predicted molar refractivity (Wildman–Crippen MR) is 78.6 cm³/mol. The van der Waals surface area contributed by atoms with Gasteiger partial charge in [0.15, 0.2) is 5.78 Å². The van der Waals surface area contributed by atoms with Crippen LogP contribution in [0.25, 0.3) is 10.9 Å². The number of pyridine rings is 2. The Kier molecular flexibility index (Phi) is 3.50. The molecule has 0 saturated heterocycles. The Morgan fingerprint density at radius 3 is 2.65 bits per heavy atom. The third-order valence-corrected chi connectivity index (χ3v) is 3.34. The predicted octanol–water partition coefficient (Wildman–Crippen LogP) is 3.45. The molecular formula is C17H14N2O. The highest BCUT2D eigenvalue weighted by molar-refractivity contribution is 6.07. The van der Waals surface area contributed by atoms with E-state index in [0.717, 1.165) is 28.5 Å². The van der Waals surface area contributed by atoms with E-state index in [-0.39, 0.29) is 5.78 Å². The first-order chi connectivity index (χ1) is 9.84. The first-order valence-corrected chi connectivity index (χ1v) is 6.60. The number of carbonyl (C=O) groups excluding carboxylic acids is 1. The van der Waals surface area contributed by atoms with E-state index in [1.54, 1.807) is 18.6 Å². The third-order valence-electron chi connectivity index (χ3n) is 3.34. The van der Waals surface area contributed by atoms with Gasteiger partial charge >= 0.3 is 0 Å². The molecular weight excluding hydrogens is 248 g/mol. The number of ketones is 1. The van der Waals surface area contributed by atoms with Gasteiger partial charge in [0.1, 0.15) is 0 Å². The van der Waals surface area contributed by atoms with Crippen molar-refractivity contribution in [2.75, 3.05) is 0 Å². The maximum Gasteiger partial charge on any atom is 0.163 e. The number of carbonyl (C=O) groups is 1. The summed E-state index contributed by atoms with van der Waals surface area (Å²) in [6.45, 7) is 0. The molecule has 3 heteroatoms. The molecule has 1 aromatic carbocycles. The number of rotatable bonds is 4. The average molecular weight is 262 g/mol. The van der Waals surface area contributed by atoms with Crippen molar-refractivity contribution in [3.63, 3.8) is 0 Å². The van der Waals surface area contributed by atoms with Crippen molar-refractivity contribution in [1.82, 2.24) is 9.97 Å². The standard InChI is InChI=1S/C17H14N2O/c20-17(7-6-13-8-11-18-12-9-13)15-3-1-5-16-14(15)4-2-10-19-16/h1-5,8-12H,6-7H2. The van der Waals surface area contributed by atoms with Gasteiger partial charge in [-0.3, -0.25) is 14.8 Å². The van der Waals surface area contributed by atoms with E-state index < -0.39 is 0 Å². The number of nitrogens with zero attached hydrogens (tertiary/aromatic N) is 2. The Hall–Kier alpha value is -2.55. The van der Waals surface area contributed by atoms with Gasteiger partial charge in [-0.25, -0.2) is 0 Å². The van der Waals surface area contributed by atoms with Crippen LogP contribution >= 0.6 is 0 Å². The molecule has 2 heterocycles. The van der Waals surface area contributed by atoms with Crippen LogP contribution in [0.4, 0.5) is 0 Å². The quantitative estimate of drug-likeness (QED) is 0.676. The van der Waals surface area contributed by atoms with E-state index in [9.17, 15) is 4.79 Å².